The van der Waals surface area contributed by atoms with Crippen LogP contribution >= 0.6 is 0 Å². The maximum absolute atomic E-state index is 12.3. The molecule has 0 aliphatic heterocycles. The zero-order valence-electron chi connectivity index (χ0n) is 12.4. The lowest BCUT2D eigenvalue weighted by Gasteiger charge is -2.16. The van der Waals surface area contributed by atoms with Gasteiger partial charge in [-0.05, 0) is 31.2 Å². The third kappa shape index (κ3) is 3.09. The van der Waals surface area contributed by atoms with Crippen LogP contribution < -0.4 is 0 Å². The van der Waals surface area contributed by atoms with Crippen molar-refractivity contribution < 1.29 is 22.4 Å². The van der Waals surface area contributed by atoms with Crippen molar-refractivity contribution in [3.63, 3.8) is 0 Å². The van der Waals surface area contributed by atoms with Crippen LogP contribution in [0.5, 0.6) is 0 Å². The lowest BCUT2D eigenvalue weighted by molar-refractivity contribution is -0.854. The highest BCUT2D eigenvalue weighted by molar-refractivity contribution is 7.86. The fourth-order valence-corrected chi connectivity index (χ4v) is 3.04. The van der Waals surface area contributed by atoms with Crippen LogP contribution in [0, 0.1) is 27.2 Å². The van der Waals surface area contributed by atoms with Crippen LogP contribution in [0.2, 0.25) is 0 Å². The van der Waals surface area contributed by atoms with E-state index in [0.717, 1.165) is 29.8 Å². The number of nitro groups is 2. The Morgan fingerprint density at radius 3 is 1.88 bits per heavy atom. The molecule has 0 amide bonds. The lowest BCUT2D eigenvalue weighted by Crippen LogP contribution is -2.47. The second kappa shape index (κ2) is 6.34. The van der Waals surface area contributed by atoms with E-state index in [-0.39, 0.29) is 0 Å². The van der Waals surface area contributed by atoms with Gasteiger partial charge in [-0.2, -0.15) is 8.42 Å². The van der Waals surface area contributed by atoms with E-state index in [9.17, 15) is 28.6 Å². The summed E-state index contributed by atoms with van der Waals surface area (Å²) in [4.78, 5) is 19.6. The molecule has 0 saturated carbocycles. The first-order valence-corrected chi connectivity index (χ1v) is 7.98. The fourth-order valence-electron chi connectivity index (χ4n) is 1.95. The van der Waals surface area contributed by atoms with Crippen molar-refractivity contribution in [1.82, 2.24) is 0 Å². The molecule has 10 heteroatoms. The van der Waals surface area contributed by atoms with Gasteiger partial charge in [0.25, 0.3) is 0 Å². The Kier molecular flexibility index (Phi) is 4.62. The molecule has 0 atom stereocenters. The first-order chi connectivity index (χ1) is 11.2. The van der Waals surface area contributed by atoms with Crippen LogP contribution in [0.15, 0.2) is 59.5 Å². The Hall–Kier alpha value is -2.85. The van der Waals surface area contributed by atoms with E-state index in [4.69, 9.17) is 0 Å². The monoisotopic (exact) mass is 352 g/mol. The number of hydrogen-bond acceptors (Lipinski definition) is 7. The van der Waals surface area contributed by atoms with Crippen molar-refractivity contribution >= 4 is 10.1 Å². The number of nitrogens with zero attached hydrogens (tertiary/aromatic N) is 2. The van der Waals surface area contributed by atoms with Crippen LogP contribution in [-0.4, -0.2) is 18.3 Å². The number of benzene rings is 2. The third-order valence-corrected chi connectivity index (χ3v) is 4.48. The van der Waals surface area contributed by atoms with Crippen LogP contribution in [0.25, 0.3) is 0 Å². The van der Waals surface area contributed by atoms with E-state index in [1.54, 1.807) is 6.92 Å². The van der Waals surface area contributed by atoms with Crippen LogP contribution in [0.4, 0.5) is 0 Å². The van der Waals surface area contributed by atoms with Crippen molar-refractivity contribution in [3.8, 4) is 0 Å². The molecule has 0 aromatic heterocycles. The summed E-state index contributed by atoms with van der Waals surface area (Å²) in [5.74, 6) is -3.47. The van der Waals surface area contributed by atoms with E-state index in [1.807, 2.05) is 0 Å². The molecular weight excluding hydrogens is 340 g/mol. The van der Waals surface area contributed by atoms with E-state index in [1.165, 1.54) is 30.3 Å². The SMILES string of the molecule is Cc1ccc(S(=O)(=O)OC(c2ccccc2)([N+](=O)[O-])[N+](=O)[O-])cc1. The molecule has 24 heavy (non-hydrogen) atoms. The Balaban J connectivity index is 2.59. The van der Waals surface area contributed by atoms with Gasteiger partial charge in [0.2, 0.25) is 0 Å². The van der Waals surface area contributed by atoms with Gasteiger partial charge in [-0.3, -0.25) is 20.2 Å². The van der Waals surface area contributed by atoms with Gasteiger partial charge in [0.15, 0.2) is 0 Å². The quantitative estimate of drug-likeness (QED) is 0.336. The summed E-state index contributed by atoms with van der Waals surface area (Å²) in [6.07, 6.45) is 0. The Bertz CT molecular complexity index is 850. The summed E-state index contributed by atoms with van der Waals surface area (Å²) in [5.41, 5.74) is 0.225. The summed E-state index contributed by atoms with van der Waals surface area (Å²) < 4.78 is 29.2. The molecule has 2 aromatic rings. The van der Waals surface area contributed by atoms with E-state index < -0.39 is 36.3 Å². The topological polar surface area (TPSA) is 130 Å². The van der Waals surface area contributed by atoms with E-state index in [2.05, 4.69) is 4.18 Å². The molecule has 0 fully saturated rings. The average Bonchev–Trinajstić information content (AvgIpc) is 2.53. The van der Waals surface area contributed by atoms with Crippen molar-refractivity contribution in [2.75, 3.05) is 0 Å². The van der Waals surface area contributed by atoms with E-state index in [0.29, 0.717) is 0 Å². The summed E-state index contributed by atoms with van der Waals surface area (Å²) in [7, 11) is -4.76. The largest absolute Gasteiger partial charge is 0.621 e. The van der Waals surface area contributed by atoms with Gasteiger partial charge in [0.05, 0.1) is 4.90 Å². The molecule has 0 heterocycles. The number of rotatable bonds is 6. The minimum atomic E-state index is -4.76. The second-order valence-corrected chi connectivity index (χ2v) is 6.39. The molecule has 0 aliphatic rings. The zero-order valence-corrected chi connectivity index (χ0v) is 13.2. The summed E-state index contributed by atoms with van der Waals surface area (Å²) in [6.45, 7) is 1.71. The normalized spacial score (nSPS) is 11.9. The molecule has 2 rings (SSSR count). The highest BCUT2D eigenvalue weighted by Gasteiger charge is 2.64. The average molecular weight is 352 g/mol. The Morgan fingerprint density at radius 1 is 0.917 bits per heavy atom. The van der Waals surface area contributed by atoms with Crippen molar-refractivity contribution in [2.24, 2.45) is 0 Å². The lowest BCUT2D eigenvalue weighted by atomic mass is 10.1. The zero-order chi connectivity index (χ0) is 18.0. The first-order valence-electron chi connectivity index (χ1n) is 6.57. The fraction of sp³-hybridized carbons (Fsp3) is 0.143. The highest BCUT2D eigenvalue weighted by Crippen LogP contribution is 2.31. The summed E-state index contributed by atoms with van der Waals surface area (Å²) >= 11 is 0. The van der Waals surface area contributed by atoms with Crippen molar-refractivity contribution in [1.29, 1.82) is 0 Å². The van der Waals surface area contributed by atoms with Gasteiger partial charge in [-0.1, -0.05) is 35.9 Å². The number of hydrogen-bond donors (Lipinski definition) is 0. The molecule has 2 aromatic carbocycles. The molecule has 126 valence electrons. The Morgan fingerprint density at radius 2 is 1.42 bits per heavy atom. The molecule has 9 nitrogen and oxygen atoms in total. The molecule has 0 bridgehead atoms. The standard InChI is InChI=1S/C14H12N2O7S/c1-11-7-9-13(10-8-11)24(21,22)23-14(15(17)18,16(19)20)12-5-3-2-4-6-12/h2-10H,1H3. The van der Waals surface area contributed by atoms with Crippen LogP contribution in [0.1, 0.15) is 11.1 Å². The maximum atomic E-state index is 12.3. The molecule has 0 unspecified atom stereocenters. The minimum absolute atomic E-state index is 0.419. The van der Waals surface area contributed by atoms with Crippen LogP contribution in [0.3, 0.4) is 0 Å². The first kappa shape index (κ1) is 17.5. The van der Waals surface area contributed by atoms with Gasteiger partial charge in [-0.15, -0.1) is 4.18 Å². The smallest absolute Gasteiger partial charge is 0.256 e. The minimum Gasteiger partial charge on any atom is -0.256 e. The van der Waals surface area contributed by atoms with Crippen molar-refractivity contribution in [3.05, 3.63) is 86.0 Å². The summed E-state index contributed by atoms with van der Waals surface area (Å²) in [5, 5.41) is 22.8. The van der Waals surface area contributed by atoms with Crippen LogP contribution in [-0.2, 0) is 20.2 Å². The molecule has 0 spiro atoms. The molecular formula is C14H12N2O7S. The van der Waals surface area contributed by atoms with Gasteiger partial charge in [0, 0.05) is 0 Å². The van der Waals surface area contributed by atoms with Crippen molar-refractivity contribution in [2.45, 2.75) is 17.7 Å². The second-order valence-electron chi connectivity index (χ2n) is 4.84. The van der Waals surface area contributed by atoms with Gasteiger partial charge in [-0.25, -0.2) is 0 Å². The van der Waals surface area contributed by atoms with Gasteiger partial charge < -0.3 is 0 Å². The van der Waals surface area contributed by atoms with Gasteiger partial charge >= 0.3 is 16.0 Å². The number of aryl methyl sites for hydroxylation is 1. The third-order valence-electron chi connectivity index (χ3n) is 3.18. The predicted molar refractivity (Wildman–Crippen MR) is 81.6 cm³/mol. The Labute approximate surface area is 136 Å². The van der Waals surface area contributed by atoms with E-state index >= 15 is 0 Å². The summed E-state index contributed by atoms with van der Waals surface area (Å²) in [6, 6.07) is 11.4. The maximum Gasteiger partial charge on any atom is 0.621 e. The molecule has 0 radical (unpaired) electrons. The molecule has 0 aliphatic carbocycles. The predicted octanol–water partition coefficient (Wildman–Crippen LogP) is 2.06. The highest BCUT2D eigenvalue weighted by atomic mass is 32.2. The molecule has 0 N–H and O–H groups in total. The van der Waals surface area contributed by atoms with Gasteiger partial charge in [0.1, 0.15) is 15.4 Å². The molecule has 0 saturated heterocycles.